The van der Waals surface area contributed by atoms with E-state index in [0.717, 1.165) is 24.6 Å². The van der Waals surface area contributed by atoms with Gasteiger partial charge in [0.2, 0.25) is 5.88 Å². The zero-order valence-electron chi connectivity index (χ0n) is 19.8. The normalized spacial score (nSPS) is 11.2. The van der Waals surface area contributed by atoms with Gasteiger partial charge in [0.15, 0.2) is 11.6 Å². The van der Waals surface area contributed by atoms with E-state index < -0.39 is 11.7 Å². The molecule has 1 N–H and O–H groups in total. The molecule has 4 aromatic rings. The Morgan fingerprint density at radius 1 is 1.19 bits per heavy atom. The van der Waals surface area contributed by atoms with Crippen LogP contribution in [-0.2, 0) is 0 Å². The van der Waals surface area contributed by atoms with Crippen LogP contribution < -0.4 is 14.8 Å². The Balaban J connectivity index is 1.51. The molecule has 0 saturated heterocycles. The fourth-order valence-corrected chi connectivity index (χ4v) is 3.78. The first-order valence-corrected chi connectivity index (χ1v) is 11.7. The Labute approximate surface area is 216 Å². The molecule has 9 nitrogen and oxygen atoms in total. The number of fused-ring (bicyclic) bond motifs is 1. The quantitative estimate of drug-likeness (QED) is 0.232. The summed E-state index contributed by atoms with van der Waals surface area (Å²) in [6.07, 6.45) is 5.23. The number of rotatable bonds is 9. The Kier molecular flexibility index (Phi) is 7.88. The Morgan fingerprint density at radius 3 is 2.75 bits per heavy atom. The molecule has 0 aliphatic heterocycles. The number of aryl methyl sites for hydroxylation is 1. The summed E-state index contributed by atoms with van der Waals surface area (Å²) >= 11 is 11.8. The summed E-state index contributed by atoms with van der Waals surface area (Å²) in [6, 6.07) is 5.38. The van der Waals surface area contributed by atoms with Gasteiger partial charge in [-0.1, -0.05) is 23.2 Å². The van der Waals surface area contributed by atoms with Crippen LogP contribution in [0.15, 0.2) is 43.0 Å². The van der Waals surface area contributed by atoms with Crippen molar-refractivity contribution in [2.45, 2.75) is 13.3 Å². The highest BCUT2D eigenvalue weighted by molar-refractivity contribution is 6.35. The number of ether oxygens (including phenoxy) is 2. The highest BCUT2D eigenvalue weighted by Gasteiger charge is 2.18. The first kappa shape index (κ1) is 25.6. The van der Waals surface area contributed by atoms with Crippen LogP contribution in [-0.4, -0.2) is 57.6 Å². The average molecular weight is 533 g/mol. The smallest absolute Gasteiger partial charge is 0.258 e. The number of nitrogens with one attached hydrogen (secondary N) is 1. The van der Waals surface area contributed by atoms with Crippen LogP contribution >= 0.6 is 23.2 Å². The van der Waals surface area contributed by atoms with Crippen molar-refractivity contribution in [2.24, 2.45) is 0 Å². The van der Waals surface area contributed by atoms with Crippen LogP contribution in [0.4, 0.5) is 10.1 Å². The summed E-state index contributed by atoms with van der Waals surface area (Å²) in [5.74, 6) is -0.554. The fourth-order valence-electron chi connectivity index (χ4n) is 3.43. The molecule has 1 amide bonds. The van der Waals surface area contributed by atoms with Crippen molar-refractivity contribution in [1.29, 1.82) is 0 Å². The first-order valence-electron chi connectivity index (χ1n) is 10.9. The van der Waals surface area contributed by atoms with Crippen LogP contribution in [0.3, 0.4) is 0 Å². The van der Waals surface area contributed by atoms with Crippen LogP contribution in [0.1, 0.15) is 22.3 Å². The van der Waals surface area contributed by atoms with E-state index in [2.05, 4.69) is 25.3 Å². The molecular weight excluding hydrogens is 510 g/mol. The van der Waals surface area contributed by atoms with Crippen LogP contribution in [0, 0.1) is 12.7 Å². The van der Waals surface area contributed by atoms with Crippen LogP contribution in [0.2, 0.25) is 10.2 Å². The van der Waals surface area contributed by atoms with E-state index >= 15 is 0 Å². The topological polar surface area (TPSA) is 93.9 Å². The molecule has 36 heavy (non-hydrogen) atoms. The monoisotopic (exact) mass is 532 g/mol. The Morgan fingerprint density at radius 2 is 2.00 bits per heavy atom. The fraction of sp³-hybridized carbons (Fsp3) is 0.250. The molecule has 188 valence electrons. The second-order valence-corrected chi connectivity index (χ2v) is 8.97. The van der Waals surface area contributed by atoms with Crippen molar-refractivity contribution in [3.05, 3.63) is 70.1 Å². The van der Waals surface area contributed by atoms with Gasteiger partial charge in [-0.2, -0.15) is 10.1 Å². The lowest BCUT2D eigenvalue weighted by atomic mass is 10.2. The predicted octanol–water partition coefficient (Wildman–Crippen LogP) is 5.25. The molecule has 0 fully saturated rings. The van der Waals surface area contributed by atoms with Gasteiger partial charge in [0.1, 0.15) is 22.7 Å². The standard InChI is InChI=1S/C24H23Cl2FN6O3/c1-14-20(35-8-4-7-32(2)3)12-33-21(14)24(29-13-30-33)36-19-6-5-16(10-18(19)27)31-23(34)17-9-15(25)11-28-22(17)26/h5-6,9-13H,4,7-8H2,1-3H3,(H,31,34). The van der Waals surface area contributed by atoms with E-state index in [1.807, 2.05) is 21.0 Å². The molecule has 0 bridgehead atoms. The maximum atomic E-state index is 14.9. The highest BCUT2D eigenvalue weighted by Crippen LogP contribution is 2.33. The molecule has 0 unspecified atom stereocenters. The maximum Gasteiger partial charge on any atom is 0.258 e. The molecule has 0 aliphatic carbocycles. The molecule has 0 radical (unpaired) electrons. The van der Waals surface area contributed by atoms with Gasteiger partial charge in [-0.15, -0.1) is 0 Å². The number of carbonyl (C=O) groups is 1. The zero-order valence-corrected chi connectivity index (χ0v) is 21.3. The van der Waals surface area contributed by atoms with Crippen molar-refractivity contribution < 1.29 is 18.7 Å². The summed E-state index contributed by atoms with van der Waals surface area (Å²) in [5.41, 5.74) is 1.59. The first-order chi connectivity index (χ1) is 17.2. The molecule has 0 aliphatic rings. The lowest BCUT2D eigenvalue weighted by Gasteiger charge is -2.11. The minimum absolute atomic E-state index is 0.0197. The van der Waals surface area contributed by atoms with Gasteiger partial charge < -0.3 is 19.7 Å². The lowest BCUT2D eigenvalue weighted by molar-refractivity contribution is 0.102. The minimum atomic E-state index is -0.704. The number of nitrogens with zero attached hydrogens (tertiary/aromatic N) is 5. The number of anilines is 1. The summed E-state index contributed by atoms with van der Waals surface area (Å²) < 4.78 is 28.2. The van der Waals surface area contributed by atoms with Gasteiger partial charge in [0, 0.05) is 30.1 Å². The van der Waals surface area contributed by atoms with E-state index in [-0.39, 0.29) is 33.1 Å². The third-order valence-corrected chi connectivity index (χ3v) is 5.71. The summed E-state index contributed by atoms with van der Waals surface area (Å²) in [7, 11) is 4.01. The van der Waals surface area contributed by atoms with Gasteiger partial charge in [0.05, 0.1) is 23.4 Å². The van der Waals surface area contributed by atoms with E-state index in [0.29, 0.717) is 17.9 Å². The van der Waals surface area contributed by atoms with Crippen molar-refractivity contribution in [3.8, 4) is 17.4 Å². The third kappa shape index (κ3) is 5.84. The molecule has 0 atom stereocenters. The van der Waals surface area contributed by atoms with Gasteiger partial charge >= 0.3 is 0 Å². The van der Waals surface area contributed by atoms with E-state index in [9.17, 15) is 9.18 Å². The number of aromatic nitrogens is 4. The van der Waals surface area contributed by atoms with Crippen molar-refractivity contribution in [1.82, 2.24) is 24.5 Å². The van der Waals surface area contributed by atoms with E-state index in [1.54, 1.807) is 10.7 Å². The highest BCUT2D eigenvalue weighted by atomic mass is 35.5. The maximum absolute atomic E-state index is 14.9. The lowest BCUT2D eigenvalue weighted by Crippen LogP contribution is -2.15. The van der Waals surface area contributed by atoms with Gasteiger partial charge in [-0.3, -0.25) is 4.79 Å². The summed E-state index contributed by atoms with van der Waals surface area (Å²) in [6.45, 7) is 3.30. The third-order valence-electron chi connectivity index (χ3n) is 5.20. The van der Waals surface area contributed by atoms with E-state index in [1.165, 1.54) is 30.7 Å². The number of halogens is 3. The average Bonchev–Trinajstić information content (AvgIpc) is 3.16. The number of benzene rings is 1. The molecule has 3 aromatic heterocycles. The second kappa shape index (κ2) is 11.1. The predicted molar refractivity (Wildman–Crippen MR) is 135 cm³/mol. The Hall–Kier alpha value is -3.47. The molecule has 12 heteroatoms. The largest absolute Gasteiger partial charge is 0.492 e. The van der Waals surface area contributed by atoms with Crippen molar-refractivity contribution in [2.75, 3.05) is 32.6 Å². The number of hydrogen-bond donors (Lipinski definition) is 1. The molecule has 1 aromatic carbocycles. The van der Waals surface area contributed by atoms with Crippen molar-refractivity contribution >= 4 is 40.3 Å². The van der Waals surface area contributed by atoms with Crippen molar-refractivity contribution in [3.63, 3.8) is 0 Å². The molecule has 3 heterocycles. The number of hydrogen-bond acceptors (Lipinski definition) is 7. The summed E-state index contributed by atoms with van der Waals surface area (Å²) in [4.78, 5) is 22.6. The molecule has 0 spiro atoms. The minimum Gasteiger partial charge on any atom is -0.492 e. The number of carbonyl (C=O) groups excluding carboxylic acids is 1. The number of amides is 1. The van der Waals surface area contributed by atoms with Gasteiger partial charge in [-0.05, 0) is 45.6 Å². The number of pyridine rings is 1. The van der Waals surface area contributed by atoms with Gasteiger partial charge in [0.25, 0.3) is 5.91 Å². The summed E-state index contributed by atoms with van der Waals surface area (Å²) in [5, 5.41) is 7.00. The second-order valence-electron chi connectivity index (χ2n) is 8.18. The SMILES string of the molecule is Cc1c(OCCCN(C)C)cn2ncnc(Oc3ccc(NC(=O)c4cc(Cl)cnc4Cl)cc3F)c12. The Bertz CT molecular complexity index is 1410. The molecule has 4 rings (SSSR count). The van der Waals surface area contributed by atoms with Crippen LogP contribution in [0.5, 0.6) is 17.4 Å². The molecule has 0 saturated carbocycles. The van der Waals surface area contributed by atoms with E-state index in [4.69, 9.17) is 32.7 Å². The van der Waals surface area contributed by atoms with Crippen LogP contribution in [0.25, 0.3) is 5.52 Å². The zero-order chi connectivity index (χ0) is 25.8. The molecular formula is C24H23Cl2FN6O3. The van der Waals surface area contributed by atoms with Gasteiger partial charge in [-0.25, -0.2) is 13.9 Å².